The van der Waals surface area contributed by atoms with E-state index in [4.69, 9.17) is 4.98 Å². The van der Waals surface area contributed by atoms with Crippen LogP contribution >= 0.6 is 11.3 Å². The van der Waals surface area contributed by atoms with Crippen molar-refractivity contribution in [2.75, 3.05) is 38.1 Å². The van der Waals surface area contributed by atoms with Crippen molar-refractivity contribution in [3.05, 3.63) is 11.1 Å². The summed E-state index contributed by atoms with van der Waals surface area (Å²) in [6.07, 6.45) is 11.9. The van der Waals surface area contributed by atoms with Gasteiger partial charge in [0.1, 0.15) is 0 Å². The summed E-state index contributed by atoms with van der Waals surface area (Å²) in [5.41, 5.74) is 0.562. The Morgan fingerprint density at radius 3 is 2.74 bits per heavy atom. The molecule has 0 aromatic carbocycles. The third-order valence-corrected chi connectivity index (χ3v) is 7.99. The molecule has 1 saturated carbocycles. The molecule has 1 aliphatic carbocycles. The maximum absolute atomic E-state index is 4.83. The summed E-state index contributed by atoms with van der Waals surface area (Å²) < 4.78 is 0. The summed E-state index contributed by atoms with van der Waals surface area (Å²) in [5, 5.41) is 1.29. The monoisotopic (exact) mass is 333 g/mol. The zero-order valence-corrected chi connectivity index (χ0v) is 15.6. The second-order valence-corrected chi connectivity index (χ2v) is 9.48. The summed E-state index contributed by atoms with van der Waals surface area (Å²) in [6.45, 7) is 7.47. The smallest absolute Gasteiger partial charge is 0.185 e. The van der Waals surface area contributed by atoms with Crippen LogP contribution in [-0.2, 0) is 0 Å². The first kappa shape index (κ1) is 15.9. The Hall–Kier alpha value is -0.610. The molecular weight excluding hydrogens is 302 g/mol. The quantitative estimate of drug-likeness (QED) is 0.801. The number of nitrogens with zero attached hydrogens (tertiary/aromatic N) is 3. The molecule has 1 aromatic heterocycles. The van der Waals surface area contributed by atoms with Crippen molar-refractivity contribution in [1.82, 2.24) is 9.88 Å². The number of hydrogen-bond donors (Lipinski definition) is 0. The van der Waals surface area contributed by atoms with Crippen molar-refractivity contribution in [1.29, 1.82) is 0 Å². The largest absolute Gasteiger partial charge is 0.348 e. The standard InChI is InChI=1S/C19H31N3S/c1-19-8-10-21(2)13-16(19)14-22(11-9-19)18-20-12-17(23-18)15-6-4-3-5-7-15/h12,15-16H,3-11,13-14H2,1-2H3/t16-,19+/m1/s1. The number of aromatic nitrogens is 1. The Balaban J connectivity index is 1.45. The van der Waals surface area contributed by atoms with Crippen molar-refractivity contribution in [3.63, 3.8) is 0 Å². The number of thiazole rings is 1. The fraction of sp³-hybridized carbons (Fsp3) is 0.842. The van der Waals surface area contributed by atoms with E-state index in [1.165, 1.54) is 76.3 Å². The first-order valence-electron chi connectivity index (χ1n) is 9.53. The van der Waals surface area contributed by atoms with Gasteiger partial charge in [-0.1, -0.05) is 26.2 Å². The topological polar surface area (TPSA) is 19.4 Å². The SMILES string of the molecule is CN1CC[C@@]2(C)CCN(c3ncc(C4CCCCC4)s3)C[C@H]2C1. The maximum Gasteiger partial charge on any atom is 0.185 e. The predicted molar refractivity (Wildman–Crippen MR) is 98.5 cm³/mol. The van der Waals surface area contributed by atoms with Crippen LogP contribution in [0.1, 0.15) is 62.7 Å². The molecular formula is C19H31N3S. The van der Waals surface area contributed by atoms with Crippen molar-refractivity contribution in [2.45, 2.75) is 57.8 Å². The number of piperidine rings is 2. The fourth-order valence-corrected chi connectivity index (χ4v) is 5.98. The number of anilines is 1. The fourth-order valence-electron chi connectivity index (χ4n) is 4.87. The van der Waals surface area contributed by atoms with Crippen LogP contribution in [0.5, 0.6) is 0 Å². The second-order valence-electron chi connectivity index (χ2n) is 8.44. The van der Waals surface area contributed by atoms with E-state index in [1.54, 1.807) is 4.88 Å². The van der Waals surface area contributed by atoms with Crippen LogP contribution in [0, 0.1) is 11.3 Å². The van der Waals surface area contributed by atoms with Gasteiger partial charge in [0.15, 0.2) is 5.13 Å². The van der Waals surface area contributed by atoms with Gasteiger partial charge in [0.05, 0.1) is 0 Å². The minimum Gasteiger partial charge on any atom is -0.348 e. The summed E-state index contributed by atoms with van der Waals surface area (Å²) in [4.78, 5) is 11.5. The molecule has 0 N–H and O–H groups in total. The number of likely N-dealkylation sites (tertiary alicyclic amines) is 1. The van der Waals surface area contributed by atoms with Crippen LogP contribution in [0.25, 0.3) is 0 Å². The van der Waals surface area contributed by atoms with Gasteiger partial charge in [-0.15, -0.1) is 11.3 Å². The van der Waals surface area contributed by atoms with E-state index in [0.717, 1.165) is 11.8 Å². The van der Waals surface area contributed by atoms with Crippen molar-refractivity contribution < 1.29 is 0 Å². The molecule has 2 aliphatic heterocycles. The van der Waals surface area contributed by atoms with Gasteiger partial charge in [0, 0.05) is 30.7 Å². The van der Waals surface area contributed by atoms with Crippen molar-refractivity contribution in [2.24, 2.45) is 11.3 Å². The van der Waals surface area contributed by atoms with Gasteiger partial charge >= 0.3 is 0 Å². The Labute approximate surface area is 145 Å². The molecule has 3 fully saturated rings. The van der Waals surface area contributed by atoms with Crippen LogP contribution in [0.4, 0.5) is 5.13 Å². The molecule has 3 aliphatic rings. The van der Waals surface area contributed by atoms with Crippen molar-refractivity contribution >= 4 is 16.5 Å². The minimum absolute atomic E-state index is 0.562. The molecule has 0 spiro atoms. The summed E-state index contributed by atoms with van der Waals surface area (Å²) in [6, 6.07) is 0. The third-order valence-electron chi connectivity index (χ3n) is 6.77. The van der Waals surface area contributed by atoms with E-state index in [2.05, 4.69) is 30.0 Å². The highest BCUT2D eigenvalue weighted by atomic mass is 32.1. The van der Waals surface area contributed by atoms with Crippen LogP contribution in [0.3, 0.4) is 0 Å². The highest BCUT2D eigenvalue weighted by Crippen LogP contribution is 2.44. The lowest BCUT2D eigenvalue weighted by atomic mass is 9.67. The van der Waals surface area contributed by atoms with E-state index >= 15 is 0 Å². The van der Waals surface area contributed by atoms with Gasteiger partial charge in [0.2, 0.25) is 0 Å². The van der Waals surface area contributed by atoms with Gasteiger partial charge < -0.3 is 9.80 Å². The molecule has 3 nitrogen and oxygen atoms in total. The van der Waals surface area contributed by atoms with Gasteiger partial charge in [0.25, 0.3) is 0 Å². The average Bonchev–Trinajstić information content (AvgIpc) is 3.06. The van der Waals surface area contributed by atoms with Crippen LogP contribution in [0.2, 0.25) is 0 Å². The second kappa shape index (κ2) is 6.36. The molecule has 4 heteroatoms. The van der Waals surface area contributed by atoms with Gasteiger partial charge in [-0.3, -0.25) is 0 Å². The van der Waals surface area contributed by atoms with Gasteiger partial charge in [-0.25, -0.2) is 4.98 Å². The van der Waals surface area contributed by atoms with E-state index in [1.807, 2.05) is 11.3 Å². The van der Waals surface area contributed by atoms with E-state index in [-0.39, 0.29) is 0 Å². The molecule has 23 heavy (non-hydrogen) atoms. The molecule has 0 amide bonds. The lowest BCUT2D eigenvalue weighted by Crippen LogP contribution is -2.54. The summed E-state index contributed by atoms with van der Waals surface area (Å²) in [7, 11) is 2.28. The summed E-state index contributed by atoms with van der Waals surface area (Å²) in [5.74, 6) is 1.60. The van der Waals surface area contributed by atoms with Crippen LogP contribution < -0.4 is 4.90 Å². The summed E-state index contributed by atoms with van der Waals surface area (Å²) >= 11 is 1.99. The first-order valence-corrected chi connectivity index (χ1v) is 10.3. The molecule has 128 valence electrons. The maximum atomic E-state index is 4.83. The third kappa shape index (κ3) is 3.17. The molecule has 2 saturated heterocycles. The highest BCUT2D eigenvalue weighted by molar-refractivity contribution is 7.15. The zero-order chi connectivity index (χ0) is 15.9. The Kier molecular flexibility index (Phi) is 4.39. The first-order chi connectivity index (χ1) is 11.1. The number of rotatable bonds is 2. The Bertz CT molecular complexity index is 536. The van der Waals surface area contributed by atoms with E-state index < -0.39 is 0 Å². The van der Waals surface area contributed by atoms with Crippen molar-refractivity contribution in [3.8, 4) is 0 Å². The lowest BCUT2D eigenvalue weighted by molar-refractivity contribution is 0.0429. The molecule has 0 bridgehead atoms. The molecule has 1 aromatic rings. The molecule has 3 heterocycles. The number of hydrogen-bond acceptors (Lipinski definition) is 4. The Morgan fingerprint density at radius 1 is 1.13 bits per heavy atom. The molecule has 4 rings (SSSR count). The minimum atomic E-state index is 0.562. The van der Waals surface area contributed by atoms with Gasteiger partial charge in [-0.2, -0.15) is 0 Å². The normalized spacial score (nSPS) is 33.7. The lowest BCUT2D eigenvalue weighted by Gasteiger charge is -2.51. The number of fused-ring (bicyclic) bond motifs is 1. The van der Waals surface area contributed by atoms with Gasteiger partial charge in [-0.05, 0) is 56.5 Å². The Morgan fingerprint density at radius 2 is 1.91 bits per heavy atom. The van der Waals surface area contributed by atoms with E-state index in [9.17, 15) is 0 Å². The average molecular weight is 334 g/mol. The zero-order valence-electron chi connectivity index (χ0n) is 14.8. The van der Waals surface area contributed by atoms with Crippen LogP contribution in [-0.4, -0.2) is 43.1 Å². The molecule has 0 unspecified atom stereocenters. The predicted octanol–water partition coefficient (Wildman–Crippen LogP) is 4.36. The highest BCUT2D eigenvalue weighted by Gasteiger charge is 2.42. The molecule has 0 radical (unpaired) electrons. The van der Waals surface area contributed by atoms with E-state index in [0.29, 0.717) is 5.41 Å². The molecule has 2 atom stereocenters. The van der Waals surface area contributed by atoms with Crippen LogP contribution in [0.15, 0.2) is 6.20 Å².